The van der Waals surface area contributed by atoms with E-state index in [1.54, 1.807) is 4.90 Å². The molecule has 0 aliphatic carbocycles. The van der Waals surface area contributed by atoms with Gasteiger partial charge in [0, 0.05) is 31.8 Å². The van der Waals surface area contributed by atoms with Crippen LogP contribution in [-0.4, -0.2) is 36.6 Å². The fraction of sp³-hybridized carbons (Fsp3) is 0.429. The summed E-state index contributed by atoms with van der Waals surface area (Å²) in [4.78, 5) is 25.4. The fourth-order valence-electron chi connectivity index (χ4n) is 2.18. The first-order valence-electron chi connectivity index (χ1n) is 6.46. The zero-order valence-corrected chi connectivity index (χ0v) is 10.7. The number of aliphatic hydroxyl groups is 1. The van der Waals surface area contributed by atoms with Crippen molar-refractivity contribution in [3.8, 4) is 0 Å². The highest BCUT2D eigenvalue weighted by Gasteiger charge is 2.34. The van der Waals surface area contributed by atoms with Crippen molar-refractivity contribution in [2.45, 2.75) is 12.8 Å². The Balaban J connectivity index is 1.94. The highest BCUT2D eigenvalue weighted by atomic mass is 16.3. The van der Waals surface area contributed by atoms with Gasteiger partial charge in [0.05, 0.1) is 5.92 Å². The third kappa shape index (κ3) is 3.32. The minimum absolute atomic E-state index is 0.0199. The summed E-state index contributed by atoms with van der Waals surface area (Å²) in [5, 5.41) is 11.4. The third-order valence-electron chi connectivity index (χ3n) is 3.20. The monoisotopic (exact) mass is 262 g/mol. The summed E-state index contributed by atoms with van der Waals surface area (Å²) in [6.45, 7) is 0.930. The average molecular weight is 262 g/mol. The van der Waals surface area contributed by atoms with Gasteiger partial charge >= 0.3 is 0 Å². The molecule has 1 aliphatic heterocycles. The normalized spacial score (nSPS) is 18.7. The summed E-state index contributed by atoms with van der Waals surface area (Å²) in [7, 11) is 0. The molecule has 0 spiro atoms. The van der Waals surface area contributed by atoms with Crippen molar-refractivity contribution in [3.05, 3.63) is 30.3 Å². The number of hydrogen-bond donors (Lipinski definition) is 2. The summed E-state index contributed by atoms with van der Waals surface area (Å²) in [5.74, 6) is -0.430. The van der Waals surface area contributed by atoms with E-state index in [9.17, 15) is 9.59 Å². The van der Waals surface area contributed by atoms with E-state index in [0.717, 1.165) is 5.69 Å². The lowest BCUT2D eigenvalue weighted by molar-refractivity contribution is -0.126. The largest absolute Gasteiger partial charge is 0.396 e. The molecule has 1 aliphatic rings. The quantitative estimate of drug-likeness (QED) is 0.761. The van der Waals surface area contributed by atoms with Crippen LogP contribution in [0.15, 0.2) is 30.3 Å². The molecule has 102 valence electrons. The number of nitrogens with zero attached hydrogens (tertiary/aromatic N) is 1. The lowest BCUT2D eigenvalue weighted by atomic mass is 10.1. The van der Waals surface area contributed by atoms with Gasteiger partial charge < -0.3 is 15.3 Å². The predicted molar refractivity (Wildman–Crippen MR) is 71.6 cm³/mol. The van der Waals surface area contributed by atoms with Crippen LogP contribution in [-0.2, 0) is 9.59 Å². The van der Waals surface area contributed by atoms with E-state index in [1.165, 1.54) is 0 Å². The first-order chi connectivity index (χ1) is 9.22. The van der Waals surface area contributed by atoms with E-state index in [2.05, 4.69) is 5.32 Å². The second-order valence-corrected chi connectivity index (χ2v) is 4.61. The highest BCUT2D eigenvalue weighted by Crippen LogP contribution is 2.24. The van der Waals surface area contributed by atoms with Crippen molar-refractivity contribution in [2.75, 3.05) is 24.6 Å². The van der Waals surface area contributed by atoms with E-state index in [1.807, 2.05) is 30.3 Å². The number of carbonyl (C=O) groups excluding carboxylic acids is 2. The first kappa shape index (κ1) is 13.5. The van der Waals surface area contributed by atoms with E-state index in [0.29, 0.717) is 19.5 Å². The summed E-state index contributed by atoms with van der Waals surface area (Å²) in [5.41, 5.74) is 0.832. The smallest absolute Gasteiger partial charge is 0.227 e. The van der Waals surface area contributed by atoms with Gasteiger partial charge in [-0.3, -0.25) is 9.59 Å². The van der Waals surface area contributed by atoms with Crippen LogP contribution in [0.4, 0.5) is 5.69 Å². The first-order valence-corrected chi connectivity index (χ1v) is 6.46. The third-order valence-corrected chi connectivity index (χ3v) is 3.20. The molecule has 1 heterocycles. The highest BCUT2D eigenvalue weighted by molar-refractivity contribution is 6.00. The molecule has 1 saturated heterocycles. The molecule has 0 aromatic heterocycles. The van der Waals surface area contributed by atoms with E-state index < -0.39 is 0 Å². The summed E-state index contributed by atoms with van der Waals surface area (Å²) >= 11 is 0. The Morgan fingerprint density at radius 2 is 2.11 bits per heavy atom. The average Bonchev–Trinajstić information content (AvgIpc) is 2.82. The molecule has 1 atom stereocenters. The van der Waals surface area contributed by atoms with Crippen LogP contribution in [0, 0.1) is 5.92 Å². The van der Waals surface area contributed by atoms with E-state index in [-0.39, 0.29) is 30.8 Å². The Hall–Kier alpha value is -1.88. The summed E-state index contributed by atoms with van der Waals surface area (Å²) in [6, 6.07) is 9.37. The van der Waals surface area contributed by atoms with Crippen molar-refractivity contribution in [1.82, 2.24) is 5.32 Å². The number of para-hydroxylation sites is 1. The van der Waals surface area contributed by atoms with Gasteiger partial charge in [0.15, 0.2) is 0 Å². The number of rotatable bonds is 5. The fourth-order valence-corrected chi connectivity index (χ4v) is 2.18. The van der Waals surface area contributed by atoms with Crippen LogP contribution in [0.1, 0.15) is 12.8 Å². The zero-order valence-electron chi connectivity index (χ0n) is 10.7. The number of hydrogen-bond acceptors (Lipinski definition) is 3. The molecular weight excluding hydrogens is 244 g/mol. The number of carbonyl (C=O) groups is 2. The molecule has 1 fully saturated rings. The lowest BCUT2D eigenvalue weighted by Gasteiger charge is -2.16. The van der Waals surface area contributed by atoms with E-state index in [4.69, 9.17) is 5.11 Å². The van der Waals surface area contributed by atoms with Crippen LogP contribution in [0.25, 0.3) is 0 Å². The van der Waals surface area contributed by atoms with Crippen molar-refractivity contribution in [2.24, 2.45) is 5.92 Å². The van der Waals surface area contributed by atoms with Crippen LogP contribution in [0.2, 0.25) is 0 Å². The standard InChI is InChI=1S/C14H18N2O3/c17-8-4-7-15-14(19)11-9-13(18)16(10-11)12-5-2-1-3-6-12/h1-3,5-6,11,17H,4,7-10H2,(H,15,19)/t11-/m0/s1. The molecule has 0 unspecified atom stereocenters. The molecule has 2 amide bonds. The minimum Gasteiger partial charge on any atom is -0.396 e. The molecule has 2 N–H and O–H groups in total. The van der Waals surface area contributed by atoms with Crippen molar-refractivity contribution in [3.63, 3.8) is 0 Å². The van der Waals surface area contributed by atoms with Crippen LogP contribution in [0.5, 0.6) is 0 Å². The molecule has 1 aromatic rings. The predicted octanol–water partition coefficient (Wildman–Crippen LogP) is 0.538. The maximum atomic E-state index is 11.9. The van der Waals surface area contributed by atoms with Crippen LogP contribution in [0.3, 0.4) is 0 Å². The Labute approximate surface area is 112 Å². The maximum absolute atomic E-state index is 11.9. The number of anilines is 1. The second-order valence-electron chi connectivity index (χ2n) is 4.61. The number of nitrogens with one attached hydrogen (secondary N) is 1. The summed E-state index contributed by atoms with van der Waals surface area (Å²) < 4.78 is 0. The molecule has 0 saturated carbocycles. The van der Waals surface area contributed by atoms with Gasteiger partial charge in [0.25, 0.3) is 0 Å². The van der Waals surface area contributed by atoms with Gasteiger partial charge in [-0.2, -0.15) is 0 Å². The lowest BCUT2D eigenvalue weighted by Crippen LogP contribution is -2.33. The van der Waals surface area contributed by atoms with Gasteiger partial charge in [-0.25, -0.2) is 0 Å². The molecule has 2 rings (SSSR count). The molecule has 0 bridgehead atoms. The molecule has 19 heavy (non-hydrogen) atoms. The second kappa shape index (κ2) is 6.33. The van der Waals surface area contributed by atoms with Gasteiger partial charge in [0.1, 0.15) is 0 Å². The molecule has 5 nitrogen and oxygen atoms in total. The topological polar surface area (TPSA) is 69.6 Å². The minimum atomic E-state index is -0.300. The van der Waals surface area contributed by atoms with Gasteiger partial charge in [-0.15, -0.1) is 0 Å². The maximum Gasteiger partial charge on any atom is 0.227 e. The Kier molecular flexibility index (Phi) is 4.52. The Bertz CT molecular complexity index is 447. The van der Waals surface area contributed by atoms with Crippen LogP contribution < -0.4 is 10.2 Å². The molecule has 0 radical (unpaired) electrons. The van der Waals surface area contributed by atoms with E-state index >= 15 is 0 Å². The molecule has 5 heteroatoms. The van der Waals surface area contributed by atoms with Crippen molar-refractivity contribution >= 4 is 17.5 Å². The van der Waals surface area contributed by atoms with Gasteiger partial charge in [0.2, 0.25) is 11.8 Å². The van der Waals surface area contributed by atoms with Crippen LogP contribution >= 0.6 is 0 Å². The summed E-state index contributed by atoms with van der Waals surface area (Å²) in [6.07, 6.45) is 0.786. The molecule has 1 aromatic carbocycles. The van der Waals surface area contributed by atoms with Crippen molar-refractivity contribution in [1.29, 1.82) is 0 Å². The van der Waals surface area contributed by atoms with Crippen molar-refractivity contribution < 1.29 is 14.7 Å². The number of amides is 2. The Morgan fingerprint density at radius 1 is 1.37 bits per heavy atom. The van der Waals surface area contributed by atoms with Gasteiger partial charge in [-0.05, 0) is 18.6 Å². The Morgan fingerprint density at radius 3 is 2.79 bits per heavy atom. The molecular formula is C14H18N2O3. The number of benzene rings is 1. The SMILES string of the molecule is O=C(NCCCO)[C@H]1CC(=O)N(c2ccccc2)C1. The van der Waals surface area contributed by atoms with Gasteiger partial charge in [-0.1, -0.05) is 18.2 Å². The zero-order chi connectivity index (χ0) is 13.7. The number of aliphatic hydroxyl groups excluding tert-OH is 1.